The number of benzene rings is 1. The smallest absolute Gasteiger partial charge is 0.287 e. The third kappa shape index (κ3) is 2.95. The number of hydrogen-bond acceptors (Lipinski definition) is 3. The minimum Gasteiger partial charge on any atom is -0.451 e. The standard InChI is InChI=1S/C16H22N2O2/c1-4-11(5-2)10(3)18-16(19)15-9-12-8-13(17)6-7-14(12)20-15/h6-11H,4-5,17H2,1-3H3,(H,18,19). The van der Waals surface area contributed by atoms with Gasteiger partial charge in [-0.1, -0.05) is 26.7 Å². The molecule has 0 saturated carbocycles. The zero-order valence-electron chi connectivity index (χ0n) is 12.3. The number of carbonyl (C=O) groups is 1. The van der Waals surface area contributed by atoms with Crippen LogP contribution in [0.3, 0.4) is 0 Å². The average Bonchev–Trinajstić information content (AvgIpc) is 2.83. The van der Waals surface area contributed by atoms with Crippen LogP contribution in [0.25, 0.3) is 11.0 Å². The minimum atomic E-state index is -0.167. The van der Waals surface area contributed by atoms with Gasteiger partial charge in [-0.05, 0) is 37.1 Å². The predicted molar refractivity (Wildman–Crippen MR) is 81.6 cm³/mol. The SMILES string of the molecule is CCC(CC)C(C)NC(=O)c1cc2cc(N)ccc2o1. The minimum absolute atomic E-state index is 0.135. The summed E-state index contributed by atoms with van der Waals surface area (Å²) in [5.74, 6) is 0.654. The van der Waals surface area contributed by atoms with Gasteiger partial charge in [0.05, 0.1) is 0 Å². The average molecular weight is 274 g/mol. The van der Waals surface area contributed by atoms with Gasteiger partial charge >= 0.3 is 0 Å². The summed E-state index contributed by atoms with van der Waals surface area (Å²) >= 11 is 0. The molecule has 1 aromatic heterocycles. The third-order valence-electron chi connectivity index (χ3n) is 3.88. The van der Waals surface area contributed by atoms with E-state index in [1.807, 2.05) is 6.92 Å². The monoisotopic (exact) mass is 274 g/mol. The lowest BCUT2D eigenvalue weighted by Gasteiger charge is -2.21. The molecule has 2 rings (SSSR count). The Morgan fingerprint density at radius 2 is 2.00 bits per heavy atom. The van der Waals surface area contributed by atoms with E-state index in [0.29, 0.717) is 22.9 Å². The topological polar surface area (TPSA) is 68.3 Å². The van der Waals surface area contributed by atoms with E-state index in [4.69, 9.17) is 10.2 Å². The van der Waals surface area contributed by atoms with Crippen LogP contribution in [-0.2, 0) is 0 Å². The van der Waals surface area contributed by atoms with Gasteiger partial charge in [0, 0.05) is 17.1 Å². The molecule has 1 atom stereocenters. The number of nitrogens with two attached hydrogens (primary N) is 1. The molecule has 0 aliphatic rings. The van der Waals surface area contributed by atoms with Crippen molar-refractivity contribution in [1.82, 2.24) is 5.32 Å². The number of fused-ring (bicyclic) bond motifs is 1. The third-order valence-corrected chi connectivity index (χ3v) is 3.88. The molecule has 20 heavy (non-hydrogen) atoms. The lowest BCUT2D eigenvalue weighted by Crippen LogP contribution is -2.37. The van der Waals surface area contributed by atoms with Crippen molar-refractivity contribution < 1.29 is 9.21 Å². The highest BCUT2D eigenvalue weighted by Crippen LogP contribution is 2.22. The van der Waals surface area contributed by atoms with E-state index in [-0.39, 0.29) is 11.9 Å². The van der Waals surface area contributed by atoms with Crippen molar-refractivity contribution >= 4 is 22.6 Å². The maximum Gasteiger partial charge on any atom is 0.287 e. The summed E-state index contributed by atoms with van der Waals surface area (Å²) in [5.41, 5.74) is 7.07. The first-order valence-corrected chi connectivity index (χ1v) is 7.15. The van der Waals surface area contributed by atoms with E-state index < -0.39 is 0 Å². The van der Waals surface area contributed by atoms with Crippen LogP contribution in [0, 0.1) is 5.92 Å². The summed E-state index contributed by atoms with van der Waals surface area (Å²) in [7, 11) is 0. The van der Waals surface area contributed by atoms with Gasteiger partial charge in [-0.3, -0.25) is 4.79 Å². The van der Waals surface area contributed by atoms with Crippen LogP contribution in [0.15, 0.2) is 28.7 Å². The Morgan fingerprint density at radius 1 is 1.30 bits per heavy atom. The molecule has 1 amide bonds. The number of anilines is 1. The van der Waals surface area contributed by atoms with Gasteiger partial charge in [-0.25, -0.2) is 0 Å². The number of rotatable bonds is 5. The molecule has 0 aliphatic heterocycles. The summed E-state index contributed by atoms with van der Waals surface area (Å²) in [6.07, 6.45) is 2.10. The van der Waals surface area contributed by atoms with E-state index in [1.165, 1.54) is 0 Å². The number of nitrogen functional groups attached to an aromatic ring is 1. The Hall–Kier alpha value is -1.97. The van der Waals surface area contributed by atoms with Gasteiger partial charge in [0.2, 0.25) is 0 Å². The molecule has 2 aromatic rings. The molecule has 0 fully saturated rings. The van der Waals surface area contributed by atoms with Crippen molar-refractivity contribution in [3.8, 4) is 0 Å². The first-order valence-electron chi connectivity index (χ1n) is 7.15. The largest absolute Gasteiger partial charge is 0.451 e. The molecular formula is C16H22N2O2. The van der Waals surface area contributed by atoms with Crippen molar-refractivity contribution in [2.75, 3.05) is 5.73 Å². The van der Waals surface area contributed by atoms with E-state index >= 15 is 0 Å². The zero-order valence-corrected chi connectivity index (χ0v) is 12.3. The van der Waals surface area contributed by atoms with Crippen LogP contribution < -0.4 is 11.1 Å². The van der Waals surface area contributed by atoms with E-state index in [2.05, 4.69) is 19.2 Å². The molecule has 108 valence electrons. The summed E-state index contributed by atoms with van der Waals surface area (Å²) in [4.78, 5) is 12.2. The number of furan rings is 1. The quantitative estimate of drug-likeness (QED) is 0.819. The second-order valence-electron chi connectivity index (χ2n) is 5.25. The van der Waals surface area contributed by atoms with Crippen LogP contribution in [0.4, 0.5) is 5.69 Å². The van der Waals surface area contributed by atoms with Crippen LogP contribution in [0.2, 0.25) is 0 Å². The molecule has 0 aliphatic carbocycles. The van der Waals surface area contributed by atoms with Gasteiger partial charge in [0.15, 0.2) is 5.76 Å². The fourth-order valence-corrected chi connectivity index (χ4v) is 2.57. The number of nitrogens with one attached hydrogen (secondary N) is 1. The predicted octanol–water partition coefficient (Wildman–Crippen LogP) is 3.57. The molecule has 0 saturated heterocycles. The summed E-state index contributed by atoms with van der Waals surface area (Å²) in [6.45, 7) is 6.32. The van der Waals surface area contributed by atoms with Gasteiger partial charge in [0.1, 0.15) is 5.58 Å². The molecule has 0 radical (unpaired) electrons. The van der Waals surface area contributed by atoms with E-state index in [0.717, 1.165) is 18.2 Å². The van der Waals surface area contributed by atoms with Crippen molar-refractivity contribution in [3.63, 3.8) is 0 Å². The Labute approximate surface area is 119 Å². The highest BCUT2D eigenvalue weighted by Gasteiger charge is 2.19. The van der Waals surface area contributed by atoms with E-state index in [9.17, 15) is 4.79 Å². The van der Waals surface area contributed by atoms with Gasteiger partial charge < -0.3 is 15.5 Å². The molecule has 1 aromatic carbocycles. The molecule has 0 spiro atoms. The zero-order chi connectivity index (χ0) is 14.7. The van der Waals surface area contributed by atoms with Crippen LogP contribution in [0.1, 0.15) is 44.2 Å². The molecule has 0 bridgehead atoms. The highest BCUT2D eigenvalue weighted by molar-refractivity contribution is 5.96. The summed E-state index contributed by atoms with van der Waals surface area (Å²) < 4.78 is 5.57. The normalized spacial score (nSPS) is 12.8. The first-order chi connectivity index (χ1) is 9.55. The molecule has 4 heteroatoms. The molecule has 3 N–H and O–H groups in total. The number of hydrogen-bond donors (Lipinski definition) is 2. The Kier molecular flexibility index (Phi) is 4.32. The maximum absolute atomic E-state index is 12.2. The Balaban J connectivity index is 2.15. The van der Waals surface area contributed by atoms with Crippen LogP contribution in [0.5, 0.6) is 0 Å². The van der Waals surface area contributed by atoms with Gasteiger partial charge in [-0.2, -0.15) is 0 Å². The lowest BCUT2D eigenvalue weighted by atomic mass is 9.95. The van der Waals surface area contributed by atoms with Crippen LogP contribution in [-0.4, -0.2) is 11.9 Å². The van der Waals surface area contributed by atoms with Crippen LogP contribution >= 0.6 is 0 Å². The molecule has 1 heterocycles. The number of amides is 1. The van der Waals surface area contributed by atoms with Crippen molar-refractivity contribution in [2.24, 2.45) is 5.92 Å². The van der Waals surface area contributed by atoms with Crippen molar-refractivity contribution in [3.05, 3.63) is 30.0 Å². The maximum atomic E-state index is 12.2. The summed E-state index contributed by atoms with van der Waals surface area (Å²) in [5, 5.41) is 3.86. The number of carbonyl (C=O) groups excluding carboxylic acids is 1. The lowest BCUT2D eigenvalue weighted by molar-refractivity contribution is 0.0899. The molecule has 4 nitrogen and oxygen atoms in total. The van der Waals surface area contributed by atoms with E-state index in [1.54, 1.807) is 24.3 Å². The Morgan fingerprint density at radius 3 is 2.65 bits per heavy atom. The molecular weight excluding hydrogens is 252 g/mol. The van der Waals surface area contributed by atoms with Crippen molar-refractivity contribution in [2.45, 2.75) is 39.7 Å². The Bertz CT molecular complexity index is 600. The fourth-order valence-electron chi connectivity index (χ4n) is 2.57. The van der Waals surface area contributed by atoms with Crippen molar-refractivity contribution in [1.29, 1.82) is 0 Å². The molecule has 1 unspecified atom stereocenters. The fraction of sp³-hybridized carbons (Fsp3) is 0.438. The highest BCUT2D eigenvalue weighted by atomic mass is 16.3. The van der Waals surface area contributed by atoms with Gasteiger partial charge in [-0.15, -0.1) is 0 Å². The first kappa shape index (κ1) is 14.4. The van der Waals surface area contributed by atoms with Gasteiger partial charge in [0.25, 0.3) is 5.91 Å². The second kappa shape index (κ2) is 5.99. The summed E-state index contributed by atoms with van der Waals surface area (Å²) in [6, 6.07) is 7.22. The second-order valence-corrected chi connectivity index (χ2v) is 5.25.